The molecule has 158 valence electrons. The molecule has 1 N–H and O–H groups in total. The van der Waals surface area contributed by atoms with Gasteiger partial charge in [0.2, 0.25) is 0 Å². The van der Waals surface area contributed by atoms with Crippen molar-refractivity contribution in [2.24, 2.45) is 0 Å². The summed E-state index contributed by atoms with van der Waals surface area (Å²) in [4.78, 5) is 13.0. The molecule has 1 aliphatic carbocycles. The number of benzene rings is 2. The van der Waals surface area contributed by atoms with Crippen molar-refractivity contribution in [3.8, 4) is 11.4 Å². The van der Waals surface area contributed by atoms with Crippen molar-refractivity contribution in [1.82, 2.24) is 9.78 Å². The van der Waals surface area contributed by atoms with E-state index >= 15 is 0 Å². The van der Waals surface area contributed by atoms with E-state index in [0.29, 0.717) is 24.0 Å². The maximum atomic E-state index is 13.1. The van der Waals surface area contributed by atoms with Crippen LogP contribution in [0.15, 0.2) is 65.9 Å². The minimum Gasteiger partial charge on any atom is -0.435 e. The van der Waals surface area contributed by atoms with Gasteiger partial charge in [-0.25, -0.2) is 4.68 Å². The highest BCUT2D eigenvalue weighted by Gasteiger charge is 2.40. The molecule has 0 radical (unpaired) electrons. The highest BCUT2D eigenvalue weighted by atomic mass is 19.3. The van der Waals surface area contributed by atoms with Crippen molar-refractivity contribution in [2.45, 2.75) is 38.7 Å². The number of hydrogen-bond acceptors (Lipinski definition) is 4. The highest BCUT2D eigenvalue weighted by Crippen LogP contribution is 2.49. The predicted molar refractivity (Wildman–Crippen MR) is 113 cm³/mol. The number of ketones is 1. The number of nitrogens with zero attached hydrogens (tertiary/aromatic N) is 2. The van der Waals surface area contributed by atoms with Gasteiger partial charge in [-0.1, -0.05) is 36.4 Å². The number of halogens is 2. The zero-order valence-electron chi connectivity index (χ0n) is 16.9. The van der Waals surface area contributed by atoms with Crippen LogP contribution in [0.4, 0.5) is 14.6 Å². The van der Waals surface area contributed by atoms with Gasteiger partial charge in [-0.05, 0) is 38.0 Å². The van der Waals surface area contributed by atoms with E-state index in [0.717, 1.165) is 34.9 Å². The molecule has 0 saturated carbocycles. The number of fused-ring (bicyclic) bond motifs is 1. The molecule has 7 heteroatoms. The molecule has 2 heterocycles. The van der Waals surface area contributed by atoms with E-state index in [1.807, 2.05) is 41.9 Å². The van der Waals surface area contributed by atoms with E-state index in [1.165, 1.54) is 6.07 Å². The molecule has 1 aromatic heterocycles. The summed E-state index contributed by atoms with van der Waals surface area (Å²) in [6.07, 6.45) is 1.91. The quantitative estimate of drug-likeness (QED) is 0.617. The lowest BCUT2D eigenvalue weighted by Crippen LogP contribution is -2.28. The van der Waals surface area contributed by atoms with Crippen LogP contribution < -0.4 is 10.1 Å². The molecule has 0 saturated heterocycles. The number of para-hydroxylation sites is 2. The summed E-state index contributed by atoms with van der Waals surface area (Å²) in [5.41, 5.74) is 4.42. The monoisotopic (exact) mass is 421 g/mol. The number of carbonyl (C=O) groups excluding carboxylic acids is 1. The fourth-order valence-corrected chi connectivity index (χ4v) is 4.61. The molecule has 5 nitrogen and oxygen atoms in total. The van der Waals surface area contributed by atoms with E-state index in [4.69, 9.17) is 9.84 Å². The number of carbonyl (C=O) groups is 1. The van der Waals surface area contributed by atoms with Crippen LogP contribution in [0.25, 0.3) is 5.69 Å². The van der Waals surface area contributed by atoms with Crippen LogP contribution in [0.2, 0.25) is 0 Å². The summed E-state index contributed by atoms with van der Waals surface area (Å²) in [5, 5.41) is 8.19. The average Bonchev–Trinajstić information content (AvgIpc) is 3.09. The molecule has 5 rings (SSSR count). The van der Waals surface area contributed by atoms with E-state index in [2.05, 4.69) is 5.32 Å². The van der Waals surface area contributed by atoms with Crippen molar-refractivity contribution in [3.05, 3.63) is 82.7 Å². The normalized spacial score (nSPS) is 17.9. The molecule has 1 atom stereocenters. The van der Waals surface area contributed by atoms with Crippen molar-refractivity contribution in [3.63, 3.8) is 0 Å². The van der Waals surface area contributed by atoms with Crippen LogP contribution in [0.3, 0.4) is 0 Å². The van der Waals surface area contributed by atoms with E-state index in [1.54, 1.807) is 18.2 Å². The number of aromatic nitrogens is 2. The minimum absolute atomic E-state index is 0.0307. The van der Waals surface area contributed by atoms with E-state index in [9.17, 15) is 13.6 Å². The number of aryl methyl sites for hydroxylation is 1. The third kappa shape index (κ3) is 3.30. The zero-order valence-corrected chi connectivity index (χ0v) is 16.9. The summed E-state index contributed by atoms with van der Waals surface area (Å²) in [6, 6.07) is 16.4. The van der Waals surface area contributed by atoms with E-state index < -0.39 is 12.5 Å². The Morgan fingerprint density at radius 2 is 1.84 bits per heavy atom. The number of ether oxygens (including phenoxy) is 1. The third-order valence-electron chi connectivity index (χ3n) is 5.86. The molecule has 31 heavy (non-hydrogen) atoms. The fraction of sp³-hybridized carbons (Fsp3) is 0.250. The SMILES string of the molecule is Cc1nn(-c2ccccc2)c2c1C(c1ccccc1OC(F)F)C1=C(CCCC1=O)N2. The second-order valence-electron chi connectivity index (χ2n) is 7.74. The molecule has 2 aromatic carbocycles. The van der Waals surface area contributed by atoms with Gasteiger partial charge in [0.15, 0.2) is 5.78 Å². The molecule has 0 amide bonds. The van der Waals surface area contributed by atoms with E-state index in [-0.39, 0.29) is 11.5 Å². The average molecular weight is 421 g/mol. The van der Waals surface area contributed by atoms with Gasteiger partial charge >= 0.3 is 6.61 Å². The number of hydrogen-bond donors (Lipinski definition) is 1. The maximum Gasteiger partial charge on any atom is 0.387 e. The molecular formula is C24H21F2N3O2. The highest BCUT2D eigenvalue weighted by molar-refractivity contribution is 6.01. The van der Waals surface area contributed by atoms with Gasteiger partial charge in [0, 0.05) is 34.7 Å². The maximum absolute atomic E-state index is 13.1. The van der Waals surface area contributed by atoms with Crippen LogP contribution in [0, 0.1) is 6.92 Å². The number of alkyl halides is 2. The molecule has 0 fully saturated rings. The zero-order chi connectivity index (χ0) is 21.5. The topological polar surface area (TPSA) is 56.2 Å². The van der Waals surface area contributed by atoms with Crippen LogP contribution in [0.1, 0.15) is 42.0 Å². The Balaban J connectivity index is 1.76. The standard InChI is InChI=1S/C24H21F2N3O2/c1-14-20-21(16-10-5-6-13-19(16)31-24(25)26)22-17(11-7-12-18(22)30)27-23(20)29(28-14)15-8-3-2-4-9-15/h2-6,8-10,13,21,24,27H,7,11-12H2,1H3. The lowest BCUT2D eigenvalue weighted by atomic mass is 9.76. The van der Waals surface area contributed by atoms with Crippen molar-refractivity contribution in [1.29, 1.82) is 0 Å². The molecule has 3 aromatic rings. The van der Waals surface area contributed by atoms with Crippen LogP contribution in [-0.4, -0.2) is 22.2 Å². The first-order valence-electron chi connectivity index (χ1n) is 10.3. The minimum atomic E-state index is -2.95. The second kappa shape index (κ2) is 7.65. The Labute approximate surface area is 178 Å². The molecule has 0 bridgehead atoms. The van der Waals surface area contributed by atoms with Gasteiger partial charge in [-0.3, -0.25) is 4.79 Å². The number of nitrogens with one attached hydrogen (secondary N) is 1. The molecule has 2 aliphatic rings. The molecular weight excluding hydrogens is 400 g/mol. The van der Waals surface area contributed by atoms with Crippen LogP contribution >= 0.6 is 0 Å². The lowest BCUT2D eigenvalue weighted by Gasteiger charge is -2.33. The van der Waals surface area contributed by atoms with Gasteiger partial charge in [0.05, 0.1) is 11.4 Å². The van der Waals surface area contributed by atoms with Crippen molar-refractivity contribution in [2.75, 3.05) is 5.32 Å². The predicted octanol–water partition coefficient (Wildman–Crippen LogP) is 5.35. The Kier molecular flexibility index (Phi) is 4.81. The van der Waals surface area contributed by atoms with Crippen LogP contribution in [0.5, 0.6) is 5.75 Å². The number of anilines is 1. The molecule has 0 spiro atoms. The molecule has 1 unspecified atom stereocenters. The number of rotatable bonds is 4. The van der Waals surface area contributed by atoms with Crippen molar-refractivity contribution >= 4 is 11.6 Å². The molecule has 1 aliphatic heterocycles. The van der Waals surface area contributed by atoms with Gasteiger partial charge < -0.3 is 10.1 Å². The number of Topliss-reactive ketones (excluding diaryl/α,β-unsaturated/α-hetero) is 1. The first kappa shape index (κ1) is 19.5. The fourth-order valence-electron chi connectivity index (χ4n) is 4.61. The lowest BCUT2D eigenvalue weighted by molar-refractivity contribution is -0.116. The summed E-state index contributed by atoms with van der Waals surface area (Å²) in [7, 11) is 0. The van der Waals surface area contributed by atoms with Gasteiger partial charge in [0.1, 0.15) is 11.6 Å². The Morgan fingerprint density at radius 3 is 2.61 bits per heavy atom. The largest absolute Gasteiger partial charge is 0.435 e. The van der Waals surface area contributed by atoms with Gasteiger partial charge in [-0.15, -0.1) is 0 Å². The summed E-state index contributed by atoms with van der Waals surface area (Å²) >= 11 is 0. The summed E-state index contributed by atoms with van der Waals surface area (Å²) < 4.78 is 33.0. The summed E-state index contributed by atoms with van der Waals surface area (Å²) in [5.74, 6) is 0.344. The Bertz CT molecular complexity index is 1180. The first-order chi connectivity index (χ1) is 15.0. The van der Waals surface area contributed by atoms with Gasteiger partial charge in [-0.2, -0.15) is 13.9 Å². The first-order valence-corrected chi connectivity index (χ1v) is 10.3. The third-order valence-corrected chi connectivity index (χ3v) is 5.86. The van der Waals surface area contributed by atoms with Crippen LogP contribution in [-0.2, 0) is 4.79 Å². The number of allylic oxidation sites excluding steroid dienone is 2. The Morgan fingerprint density at radius 1 is 1.10 bits per heavy atom. The smallest absolute Gasteiger partial charge is 0.387 e. The summed E-state index contributed by atoms with van der Waals surface area (Å²) in [6.45, 7) is -1.08. The Hall–Kier alpha value is -3.48. The van der Waals surface area contributed by atoms with Gasteiger partial charge in [0.25, 0.3) is 0 Å². The second-order valence-corrected chi connectivity index (χ2v) is 7.74. The van der Waals surface area contributed by atoms with Crippen molar-refractivity contribution < 1.29 is 18.3 Å².